The Balaban J connectivity index is 1.33. The van der Waals surface area contributed by atoms with Gasteiger partial charge in [0.25, 0.3) is 0 Å². The Bertz CT molecular complexity index is 2900. The second kappa shape index (κ2) is 22.5. The van der Waals surface area contributed by atoms with Gasteiger partial charge in [0, 0.05) is 25.1 Å². The molecule has 0 bridgehead atoms. The van der Waals surface area contributed by atoms with E-state index in [1.165, 1.54) is 0 Å². The van der Waals surface area contributed by atoms with Gasteiger partial charge in [-0.25, -0.2) is 9.69 Å². The molecular formula is C59H60N4O11. The number of fused-ring (bicyclic) bond motifs is 3. The first-order valence-corrected chi connectivity index (χ1v) is 25.2. The van der Waals surface area contributed by atoms with Crippen LogP contribution in [0.2, 0.25) is 0 Å². The molecule has 5 aromatic carbocycles. The normalized spacial score (nSPS) is 22.8. The van der Waals surface area contributed by atoms with E-state index in [-0.39, 0.29) is 30.9 Å². The number of carbonyl (C=O) groups is 6. The molecule has 4 amide bonds. The number of nitrogens with zero attached hydrogens (tertiary/aromatic N) is 3. The zero-order chi connectivity index (χ0) is 51.9. The molecule has 0 aliphatic carbocycles. The molecule has 5 aromatic rings. The van der Waals surface area contributed by atoms with Crippen LogP contribution < -0.4 is 15.0 Å². The molecule has 7 atom stereocenters. The third-order valence-corrected chi connectivity index (χ3v) is 14.8. The Hall–Kier alpha value is -7.80. The Labute approximate surface area is 430 Å². The Morgan fingerprint density at radius 1 is 0.757 bits per heavy atom. The number of imide groups is 1. The van der Waals surface area contributed by atoms with Gasteiger partial charge in [0.2, 0.25) is 11.8 Å². The number of nitrogens with one attached hydrogen (secondary N) is 1. The van der Waals surface area contributed by atoms with Crippen molar-refractivity contribution in [3.05, 3.63) is 167 Å². The van der Waals surface area contributed by atoms with Crippen molar-refractivity contribution in [2.75, 3.05) is 45.4 Å². The van der Waals surface area contributed by atoms with Crippen LogP contribution in [0.25, 0.3) is 0 Å². The smallest absolute Gasteiger partial charge is 0.329 e. The van der Waals surface area contributed by atoms with Gasteiger partial charge in [0.1, 0.15) is 29.9 Å². The first-order chi connectivity index (χ1) is 36.0. The number of aliphatic hydroxyl groups excluding tert-OH is 1. The molecule has 0 radical (unpaired) electrons. The van der Waals surface area contributed by atoms with Gasteiger partial charge in [-0.1, -0.05) is 134 Å². The summed E-state index contributed by atoms with van der Waals surface area (Å²) in [6.45, 7) is 2.38. The maximum atomic E-state index is 16.9. The van der Waals surface area contributed by atoms with Gasteiger partial charge in [0.15, 0.2) is 5.92 Å². The van der Waals surface area contributed by atoms with E-state index >= 15 is 19.2 Å². The van der Waals surface area contributed by atoms with Crippen molar-refractivity contribution >= 4 is 41.4 Å². The number of aliphatic hydroxyl groups is 1. The van der Waals surface area contributed by atoms with Crippen molar-refractivity contribution in [1.82, 2.24) is 15.1 Å². The summed E-state index contributed by atoms with van der Waals surface area (Å²) in [6, 6.07) is 35.6. The summed E-state index contributed by atoms with van der Waals surface area (Å²) in [5, 5.41) is 12.7. The summed E-state index contributed by atoms with van der Waals surface area (Å²) in [5.41, 5.74) is 1.51. The molecule has 0 saturated carbocycles. The minimum absolute atomic E-state index is 0.0230. The van der Waals surface area contributed by atoms with Crippen LogP contribution in [-0.4, -0.2) is 97.2 Å². The van der Waals surface area contributed by atoms with Crippen LogP contribution in [0.15, 0.2) is 133 Å². The summed E-state index contributed by atoms with van der Waals surface area (Å²) in [6.07, 6.45) is 3.02. The van der Waals surface area contributed by atoms with Gasteiger partial charge in [-0.15, -0.1) is 0 Å². The first kappa shape index (κ1) is 51.1. The summed E-state index contributed by atoms with van der Waals surface area (Å²) in [4.78, 5) is 94.4. The molecule has 3 fully saturated rings. The molecule has 0 aromatic heterocycles. The Morgan fingerprint density at radius 3 is 1.99 bits per heavy atom. The standard InChI is InChI=1S/C59H60N4O11/c1-38(40-20-10-7-11-21-40)60-58(70)62-47-32-27-39(19-18-26-45(54(66)71-2)55(67)72-3)37-46(47)59(57(62)69)48(53(65)61-33-16-5-4-6-17-34-61)50-56(68)74-51(42-24-14-9-15-25-42)49(41-22-12-8-13-23-41)63(50)52(59)43-28-30-44(31-29-43)73-36-35-64/h7-15,20-25,27-32,37-38,45,48-52,64H,4-6,16-17,26,33-36H2,1-3H3,(H,60,70). The molecule has 2 N–H and O–H groups in total. The highest BCUT2D eigenvalue weighted by Crippen LogP contribution is 2.66. The van der Waals surface area contributed by atoms with Gasteiger partial charge in [-0.2, -0.15) is 0 Å². The quantitative estimate of drug-likeness (QED) is 0.0539. The number of likely N-dealkylation sites (tertiary alicyclic amines) is 1. The van der Waals surface area contributed by atoms with Crippen LogP contribution in [0.5, 0.6) is 5.75 Å². The lowest BCUT2D eigenvalue weighted by molar-refractivity contribution is -0.179. The van der Waals surface area contributed by atoms with E-state index in [1.807, 2.05) is 103 Å². The largest absolute Gasteiger partial charge is 0.491 e. The number of anilines is 1. The lowest BCUT2D eigenvalue weighted by atomic mass is 9.64. The third-order valence-electron chi connectivity index (χ3n) is 14.8. The lowest BCUT2D eigenvalue weighted by Crippen LogP contribution is -2.57. The van der Waals surface area contributed by atoms with E-state index in [2.05, 4.69) is 17.2 Å². The molecule has 1 spiro atoms. The maximum absolute atomic E-state index is 16.9. The molecule has 4 aliphatic heterocycles. The molecule has 4 heterocycles. The summed E-state index contributed by atoms with van der Waals surface area (Å²) in [7, 11) is 2.33. The number of ether oxygens (including phenoxy) is 4. The van der Waals surface area contributed by atoms with Crippen molar-refractivity contribution in [3.8, 4) is 17.6 Å². The Kier molecular flexibility index (Phi) is 15.6. The molecule has 74 heavy (non-hydrogen) atoms. The SMILES string of the molecule is COC(=O)C(CC#Cc1ccc2c(c1)C1(C(=O)N2C(=O)NC(C)c2ccccc2)C(C(=O)N2CCCCCCC2)C2C(=O)OC(c3ccccc3)C(c3ccccc3)N2C1c1ccc(OCCO)cc1)C(=O)OC. The number of esters is 3. The van der Waals surface area contributed by atoms with Crippen molar-refractivity contribution in [3.63, 3.8) is 0 Å². The first-order valence-electron chi connectivity index (χ1n) is 25.2. The average Bonchev–Trinajstić information content (AvgIpc) is 3.88. The molecule has 15 nitrogen and oxygen atoms in total. The summed E-state index contributed by atoms with van der Waals surface area (Å²) < 4.78 is 22.3. The number of morpholine rings is 1. The maximum Gasteiger partial charge on any atom is 0.329 e. The van der Waals surface area contributed by atoms with E-state index in [0.717, 1.165) is 49.5 Å². The molecule has 382 valence electrons. The molecule has 4 aliphatic rings. The van der Waals surface area contributed by atoms with Crippen molar-refractivity contribution < 1.29 is 52.8 Å². The van der Waals surface area contributed by atoms with Crippen LogP contribution in [0.3, 0.4) is 0 Å². The van der Waals surface area contributed by atoms with Crippen molar-refractivity contribution in [2.24, 2.45) is 11.8 Å². The second-order valence-corrected chi connectivity index (χ2v) is 19.1. The number of rotatable bonds is 12. The van der Waals surface area contributed by atoms with E-state index in [9.17, 15) is 14.7 Å². The fourth-order valence-corrected chi connectivity index (χ4v) is 11.4. The monoisotopic (exact) mass is 1000 g/mol. The van der Waals surface area contributed by atoms with E-state index in [1.54, 1.807) is 47.4 Å². The number of hydrogen-bond donors (Lipinski definition) is 2. The summed E-state index contributed by atoms with van der Waals surface area (Å²) in [5.74, 6) is 0.133. The zero-order valence-corrected chi connectivity index (χ0v) is 41.7. The fourth-order valence-electron chi connectivity index (χ4n) is 11.4. The number of hydrogen-bond acceptors (Lipinski definition) is 12. The predicted molar refractivity (Wildman–Crippen MR) is 273 cm³/mol. The van der Waals surface area contributed by atoms with Crippen LogP contribution in [0.4, 0.5) is 10.5 Å². The number of carbonyl (C=O) groups excluding carboxylic acids is 6. The number of methoxy groups -OCH3 is 2. The number of cyclic esters (lactones) is 1. The van der Waals surface area contributed by atoms with Gasteiger partial charge in [-0.05, 0) is 77.9 Å². The van der Waals surface area contributed by atoms with Crippen molar-refractivity contribution in [2.45, 2.75) is 81.1 Å². The van der Waals surface area contributed by atoms with Gasteiger partial charge in [0.05, 0.1) is 50.6 Å². The van der Waals surface area contributed by atoms with Gasteiger partial charge in [-0.3, -0.25) is 28.9 Å². The highest BCUT2D eigenvalue weighted by Gasteiger charge is 2.76. The second-order valence-electron chi connectivity index (χ2n) is 19.1. The molecule has 9 rings (SSSR count). The number of amides is 4. The van der Waals surface area contributed by atoms with Crippen LogP contribution in [0.1, 0.15) is 103 Å². The summed E-state index contributed by atoms with van der Waals surface area (Å²) >= 11 is 0. The van der Waals surface area contributed by atoms with E-state index in [4.69, 9.17) is 18.9 Å². The van der Waals surface area contributed by atoms with Crippen LogP contribution in [0, 0.1) is 23.7 Å². The van der Waals surface area contributed by atoms with E-state index < -0.39 is 83.3 Å². The Morgan fingerprint density at radius 2 is 1.36 bits per heavy atom. The number of benzene rings is 5. The molecule has 7 unspecified atom stereocenters. The molecule has 3 saturated heterocycles. The minimum atomic E-state index is -2.05. The van der Waals surface area contributed by atoms with Crippen LogP contribution >= 0.6 is 0 Å². The zero-order valence-electron chi connectivity index (χ0n) is 41.7. The van der Waals surface area contributed by atoms with E-state index in [0.29, 0.717) is 48.4 Å². The highest BCUT2D eigenvalue weighted by molar-refractivity contribution is 6.24. The molecule has 15 heteroatoms. The molecular weight excluding hydrogens is 941 g/mol. The van der Waals surface area contributed by atoms with Crippen molar-refractivity contribution in [1.29, 1.82) is 0 Å². The fraction of sp³-hybridized carbons (Fsp3) is 0.356. The predicted octanol–water partition coefficient (Wildman–Crippen LogP) is 7.69. The minimum Gasteiger partial charge on any atom is -0.491 e. The average molecular weight is 1000 g/mol. The lowest BCUT2D eigenvalue weighted by Gasteiger charge is -2.46. The van der Waals surface area contributed by atoms with Gasteiger partial charge < -0.3 is 34.3 Å². The number of urea groups is 1. The highest BCUT2D eigenvalue weighted by atomic mass is 16.6. The third kappa shape index (κ3) is 9.63. The topological polar surface area (TPSA) is 181 Å². The van der Waals surface area contributed by atoms with Crippen LogP contribution in [-0.2, 0) is 43.6 Å². The van der Waals surface area contributed by atoms with Gasteiger partial charge >= 0.3 is 23.9 Å².